The van der Waals surface area contributed by atoms with Gasteiger partial charge in [0.25, 0.3) is 5.91 Å². The number of hydrogen-bond acceptors (Lipinski definition) is 4. The summed E-state index contributed by atoms with van der Waals surface area (Å²) < 4.78 is 5.98. The summed E-state index contributed by atoms with van der Waals surface area (Å²) in [5.41, 5.74) is 0.699. The van der Waals surface area contributed by atoms with E-state index in [1.165, 1.54) is 0 Å². The van der Waals surface area contributed by atoms with E-state index >= 15 is 0 Å². The van der Waals surface area contributed by atoms with Crippen LogP contribution in [0.25, 0.3) is 0 Å². The maximum absolute atomic E-state index is 13.6. The summed E-state index contributed by atoms with van der Waals surface area (Å²) in [4.78, 5) is 42.6. The van der Waals surface area contributed by atoms with Gasteiger partial charge in [-0.25, -0.2) is 0 Å². The molecule has 1 N–H and O–H groups in total. The van der Waals surface area contributed by atoms with Crippen LogP contribution in [0.3, 0.4) is 0 Å². The highest BCUT2D eigenvalue weighted by molar-refractivity contribution is 5.99. The number of piperidine rings is 1. The minimum absolute atomic E-state index is 0.0237. The van der Waals surface area contributed by atoms with Gasteiger partial charge >= 0.3 is 0 Å². The van der Waals surface area contributed by atoms with Crippen LogP contribution in [-0.2, 0) is 14.4 Å². The maximum Gasteiger partial charge on any atom is 0.263 e. The van der Waals surface area contributed by atoms with Gasteiger partial charge in [-0.2, -0.15) is 0 Å². The van der Waals surface area contributed by atoms with Crippen molar-refractivity contribution in [2.45, 2.75) is 64.5 Å². The summed E-state index contributed by atoms with van der Waals surface area (Å²) in [5, 5.41) is 3.04. The summed E-state index contributed by atoms with van der Waals surface area (Å²) in [6.07, 6.45) is 4.49. The average molecular weight is 428 g/mol. The van der Waals surface area contributed by atoms with Crippen molar-refractivity contribution in [2.24, 2.45) is 11.8 Å². The van der Waals surface area contributed by atoms with Crippen LogP contribution in [0, 0.1) is 11.8 Å². The average Bonchev–Trinajstić information content (AvgIpc) is 3.66. The predicted octanol–water partition coefficient (Wildman–Crippen LogP) is 2.73. The fourth-order valence-electron chi connectivity index (χ4n) is 4.55. The number of nitrogens with one attached hydrogen (secondary N) is 1. The highest BCUT2D eigenvalue weighted by atomic mass is 16.5. The predicted molar refractivity (Wildman–Crippen MR) is 118 cm³/mol. The first-order valence-corrected chi connectivity index (χ1v) is 11.7. The van der Waals surface area contributed by atoms with E-state index in [-0.39, 0.29) is 42.1 Å². The molecule has 3 aliphatic rings. The number of anilines is 1. The van der Waals surface area contributed by atoms with E-state index in [0.717, 1.165) is 45.1 Å². The molecule has 1 aliphatic carbocycles. The van der Waals surface area contributed by atoms with E-state index in [2.05, 4.69) is 5.32 Å². The molecule has 2 fully saturated rings. The molecule has 1 aromatic carbocycles. The van der Waals surface area contributed by atoms with Gasteiger partial charge in [-0.15, -0.1) is 0 Å². The van der Waals surface area contributed by atoms with Crippen molar-refractivity contribution in [2.75, 3.05) is 24.5 Å². The number of para-hydroxylation sites is 2. The largest absolute Gasteiger partial charge is 0.477 e. The van der Waals surface area contributed by atoms with Gasteiger partial charge in [0.1, 0.15) is 5.75 Å². The molecule has 7 heteroatoms. The summed E-state index contributed by atoms with van der Waals surface area (Å²) in [6, 6.07) is 7.47. The van der Waals surface area contributed by atoms with Crippen LogP contribution in [-0.4, -0.2) is 54.4 Å². The lowest BCUT2D eigenvalue weighted by Gasteiger charge is -2.39. The van der Waals surface area contributed by atoms with Crippen molar-refractivity contribution < 1.29 is 19.1 Å². The SMILES string of the molecule is CCC(CC)NC(=O)C1CN(C(=O)C2CCCN(C(=O)C3CC3)C2)c2ccccc2O1. The highest BCUT2D eigenvalue weighted by Gasteiger charge is 2.40. The second-order valence-electron chi connectivity index (χ2n) is 8.94. The van der Waals surface area contributed by atoms with Gasteiger partial charge in [0.15, 0.2) is 6.10 Å². The van der Waals surface area contributed by atoms with Crippen molar-refractivity contribution in [3.8, 4) is 5.75 Å². The Kier molecular flexibility index (Phi) is 6.49. The van der Waals surface area contributed by atoms with E-state index < -0.39 is 6.10 Å². The van der Waals surface area contributed by atoms with Crippen LogP contribution in [0.15, 0.2) is 24.3 Å². The zero-order valence-electron chi connectivity index (χ0n) is 18.5. The Labute approximate surface area is 184 Å². The van der Waals surface area contributed by atoms with Crippen LogP contribution < -0.4 is 15.0 Å². The molecule has 7 nitrogen and oxygen atoms in total. The zero-order valence-corrected chi connectivity index (χ0v) is 18.5. The number of fused-ring (bicyclic) bond motifs is 1. The first-order chi connectivity index (χ1) is 15.0. The number of amides is 3. The topological polar surface area (TPSA) is 79.0 Å². The lowest BCUT2D eigenvalue weighted by Crippen LogP contribution is -2.55. The van der Waals surface area contributed by atoms with Gasteiger partial charge in [0, 0.05) is 25.0 Å². The van der Waals surface area contributed by atoms with Crippen LogP contribution in [0.1, 0.15) is 52.4 Å². The summed E-state index contributed by atoms with van der Waals surface area (Å²) in [5.74, 6) is 0.455. The number of likely N-dealkylation sites (tertiary alicyclic amines) is 1. The molecule has 1 aromatic rings. The standard InChI is InChI=1S/C24H33N3O4/c1-3-18(4-2)25-22(28)21-15-27(19-9-5-6-10-20(19)31-21)24(30)17-8-7-13-26(14-17)23(29)16-11-12-16/h5-6,9-10,16-18,21H,3-4,7-8,11-15H2,1-2H3,(H,25,28). The number of ether oxygens (including phenoxy) is 1. The molecule has 2 aliphatic heterocycles. The lowest BCUT2D eigenvalue weighted by atomic mass is 9.95. The lowest BCUT2D eigenvalue weighted by molar-refractivity contribution is -0.136. The molecule has 0 spiro atoms. The van der Waals surface area contributed by atoms with Gasteiger partial charge in [-0.3, -0.25) is 14.4 Å². The maximum atomic E-state index is 13.6. The van der Waals surface area contributed by atoms with Crippen molar-refractivity contribution >= 4 is 23.4 Å². The Hall–Kier alpha value is -2.57. The monoisotopic (exact) mass is 427 g/mol. The Morgan fingerprint density at radius 1 is 1.03 bits per heavy atom. The third-order valence-corrected chi connectivity index (χ3v) is 6.67. The van der Waals surface area contributed by atoms with Crippen LogP contribution >= 0.6 is 0 Å². The fourth-order valence-corrected chi connectivity index (χ4v) is 4.55. The third kappa shape index (κ3) is 4.70. The number of nitrogens with zero attached hydrogens (tertiary/aromatic N) is 2. The number of benzene rings is 1. The number of carbonyl (C=O) groups is 3. The second-order valence-corrected chi connectivity index (χ2v) is 8.94. The zero-order chi connectivity index (χ0) is 22.0. The first-order valence-electron chi connectivity index (χ1n) is 11.7. The number of hydrogen-bond donors (Lipinski definition) is 1. The van der Waals surface area contributed by atoms with Crippen molar-refractivity contribution in [3.63, 3.8) is 0 Å². The van der Waals surface area contributed by atoms with E-state index in [0.29, 0.717) is 18.0 Å². The summed E-state index contributed by atoms with van der Waals surface area (Å²) in [7, 11) is 0. The highest BCUT2D eigenvalue weighted by Crippen LogP contribution is 2.36. The normalized spacial score (nSPS) is 23.2. The molecule has 2 unspecified atom stereocenters. The van der Waals surface area contributed by atoms with Gasteiger partial charge in [-0.05, 0) is 50.7 Å². The van der Waals surface area contributed by atoms with E-state index in [4.69, 9.17) is 4.74 Å². The van der Waals surface area contributed by atoms with Crippen LogP contribution in [0.5, 0.6) is 5.75 Å². The minimum atomic E-state index is -0.743. The molecule has 2 heterocycles. The molecule has 1 saturated carbocycles. The molecule has 0 radical (unpaired) electrons. The molecule has 31 heavy (non-hydrogen) atoms. The quantitative estimate of drug-likeness (QED) is 0.757. The molecular weight excluding hydrogens is 394 g/mol. The van der Waals surface area contributed by atoms with Crippen LogP contribution in [0.2, 0.25) is 0 Å². The molecule has 1 saturated heterocycles. The third-order valence-electron chi connectivity index (χ3n) is 6.67. The Bertz CT molecular complexity index is 834. The summed E-state index contributed by atoms with van der Waals surface area (Å²) in [6.45, 7) is 5.48. The minimum Gasteiger partial charge on any atom is -0.477 e. The Balaban J connectivity index is 1.50. The van der Waals surface area contributed by atoms with E-state index in [9.17, 15) is 14.4 Å². The fraction of sp³-hybridized carbons (Fsp3) is 0.625. The molecule has 0 bridgehead atoms. The number of carbonyl (C=O) groups excluding carboxylic acids is 3. The van der Waals surface area contributed by atoms with E-state index in [1.807, 2.05) is 36.9 Å². The van der Waals surface area contributed by atoms with Gasteiger partial charge in [0.2, 0.25) is 11.8 Å². The molecule has 2 atom stereocenters. The van der Waals surface area contributed by atoms with Crippen molar-refractivity contribution in [1.29, 1.82) is 0 Å². The van der Waals surface area contributed by atoms with Crippen molar-refractivity contribution in [3.05, 3.63) is 24.3 Å². The van der Waals surface area contributed by atoms with Crippen LogP contribution in [0.4, 0.5) is 5.69 Å². The Morgan fingerprint density at radius 2 is 1.77 bits per heavy atom. The van der Waals surface area contributed by atoms with Gasteiger partial charge in [-0.1, -0.05) is 26.0 Å². The molecule has 4 rings (SSSR count). The first kappa shape index (κ1) is 21.7. The molecular formula is C24H33N3O4. The smallest absolute Gasteiger partial charge is 0.263 e. The second kappa shape index (κ2) is 9.28. The van der Waals surface area contributed by atoms with Gasteiger partial charge < -0.3 is 19.9 Å². The van der Waals surface area contributed by atoms with Gasteiger partial charge in [0.05, 0.1) is 18.2 Å². The number of rotatable bonds is 6. The molecule has 168 valence electrons. The Morgan fingerprint density at radius 3 is 2.48 bits per heavy atom. The molecule has 0 aromatic heterocycles. The molecule has 3 amide bonds. The van der Waals surface area contributed by atoms with Crippen molar-refractivity contribution in [1.82, 2.24) is 10.2 Å². The summed E-state index contributed by atoms with van der Waals surface area (Å²) >= 11 is 0. The van der Waals surface area contributed by atoms with E-state index in [1.54, 1.807) is 11.0 Å².